The Morgan fingerprint density at radius 2 is 1.78 bits per heavy atom. The first kappa shape index (κ1) is 34.1. The van der Waals surface area contributed by atoms with Crippen LogP contribution in [0.4, 0.5) is 4.39 Å². The number of nitrogens with zero attached hydrogens (tertiary/aromatic N) is 1. The summed E-state index contributed by atoms with van der Waals surface area (Å²) in [6.07, 6.45) is 6.41. The highest BCUT2D eigenvalue weighted by Crippen LogP contribution is 2.25. The van der Waals surface area contributed by atoms with Crippen molar-refractivity contribution in [1.82, 2.24) is 20.5 Å². The van der Waals surface area contributed by atoms with E-state index in [9.17, 15) is 18.8 Å². The van der Waals surface area contributed by atoms with Crippen LogP contribution in [0.3, 0.4) is 0 Å². The molecule has 0 fully saturated rings. The number of amides is 3. The molecular formula is C34H47FN6O4. The summed E-state index contributed by atoms with van der Waals surface area (Å²) >= 11 is 0. The van der Waals surface area contributed by atoms with Crippen molar-refractivity contribution in [3.05, 3.63) is 71.2 Å². The second kappa shape index (κ2) is 16.5. The monoisotopic (exact) mass is 622 g/mol. The molecule has 3 aromatic rings. The van der Waals surface area contributed by atoms with E-state index in [2.05, 4.69) is 20.5 Å². The van der Waals surface area contributed by atoms with E-state index in [0.29, 0.717) is 24.9 Å². The summed E-state index contributed by atoms with van der Waals surface area (Å²) in [6, 6.07) is 9.80. The minimum Gasteiger partial charge on any atom is -0.366 e. The van der Waals surface area contributed by atoms with Gasteiger partial charge >= 0.3 is 0 Å². The third-order valence-corrected chi connectivity index (χ3v) is 8.37. The number of aromatic nitrogens is 1. The average molecular weight is 623 g/mol. The summed E-state index contributed by atoms with van der Waals surface area (Å²) in [5.41, 5.74) is 15.3. The summed E-state index contributed by atoms with van der Waals surface area (Å²) in [4.78, 5) is 39.7. The zero-order valence-corrected chi connectivity index (χ0v) is 26.3. The van der Waals surface area contributed by atoms with Crippen molar-refractivity contribution in [2.75, 3.05) is 13.2 Å². The fourth-order valence-electron chi connectivity index (χ4n) is 5.86. The smallest absolute Gasteiger partial charge is 0.246 e. The number of aryl methyl sites for hydroxylation is 1. The third kappa shape index (κ3) is 9.59. The Kier molecular flexibility index (Phi) is 12.5. The molecule has 11 heteroatoms. The Balaban J connectivity index is 1.62. The van der Waals surface area contributed by atoms with E-state index in [0.717, 1.165) is 54.4 Å². The van der Waals surface area contributed by atoms with E-state index in [1.54, 1.807) is 13.0 Å². The Labute approximate surface area is 264 Å². The molecule has 0 saturated heterocycles. The van der Waals surface area contributed by atoms with Gasteiger partial charge in [0.2, 0.25) is 17.7 Å². The molecule has 4 atom stereocenters. The highest BCUT2D eigenvalue weighted by molar-refractivity contribution is 5.91. The van der Waals surface area contributed by atoms with Crippen LogP contribution in [0.1, 0.15) is 62.6 Å². The number of fused-ring (bicyclic) bond motifs is 3. The summed E-state index contributed by atoms with van der Waals surface area (Å²) < 4.78 is 22.4. The number of halogens is 1. The summed E-state index contributed by atoms with van der Waals surface area (Å²) in [5, 5.41) is 9.41. The van der Waals surface area contributed by atoms with Crippen LogP contribution in [-0.4, -0.2) is 59.7 Å². The highest BCUT2D eigenvalue weighted by Gasteiger charge is 2.29. The van der Waals surface area contributed by atoms with Gasteiger partial charge in [0, 0.05) is 36.6 Å². The topological polar surface area (TPSA) is 154 Å². The second-order valence-electron chi connectivity index (χ2n) is 11.9. The van der Waals surface area contributed by atoms with Crippen LogP contribution in [0.15, 0.2) is 48.7 Å². The van der Waals surface area contributed by atoms with Crippen LogP contribution in [0, 0.1) is 5.82 Å². The van der Waals surface area contributed by atoms with Gasteiger partial charge in [-0.05, 0) is 74.0 Å². The van der Waals surface area contributed by atoms with Crippen LogP contribution in [-0.2, 0) is 45.1 Å². The molecule has 2 bridgehead atoms. The van der Waals surface area contributed by atoms with Gasteiger partial charge in [0.1, 0.15) is 18.5 Å². The Morgan fingerprint density at radius 3 is 2.56 bits per heavy atom. The number of ether oxygens (including phenoxy) is 1. The Hall–Kier alpha value is -3.80. The van der Waals surface area contributed by atoms with Crippen LogP contribution >= 0.6 is 0 Å². The van der Waals surface area contributed by atoms with Gasteiger partial charge in [-0.25, -0.2) is 4.39 Å². The maximum absolute atomic E-state index is 14.5. The lowest BCUT2D eigenvalue weighted by Gasteiger charge is -2.27. The number of unbranched alkanes of at least 4 members (excludes halogenated alkanes) is 3. The predicted octanol–water partition coefficient (Wildman–Crippen LogP) is 2.83. The van der Waals surface area contributed by atoms with E-state index >= 15 is 0 Å². The van der Waals surface area contributed by atoms with Crippen molar-refractivity contribution < 1.29 is 23.5 Å². The van der Waals surface area contributed by atoms with E-state index in [-0.39, 0.29) is 31.2 Å². The molecule has 2 heterocycles. The van der Waals surface area contributed by atoms with E-state index in [4.69, 9.17) is 16.2 Å². The normalized spacial score (nSPS) is 22.0. The maximum Gasteiger partial charge on any atom is 0.246 e. The number of carbonyl (C=O) groups is 3. The maximum atomic E-state index is 14.5. The van der Waals surface area contributed by atoms with Crippen molar-refractivity contribution in [2.45, 2.75) is 96.1 Å². The van der Waals surface area contributed by atoms with Gasteiger partial charge in [0.05, 0.1) is 18.2 Å². The number of benzene rings is 2. The lowest BCUT2D eigenvalue weighted by atomic mass is 10.0. The molecule has 1 aliphatic rings. The highest BCUT2D eigenvalue weighted by atomic mass is 19.1. The number of hydrogen-bond donors (Lipinski definition) is 5. The molecule has 10 nitrogen and oxygen atoms in total. The molecule has 4 rings (SSSR count). The molecule has 7 N–H and O–H groups in total. The Bertz CT molecular complexity index is 1460. The van der Waals surface area contributed by atoms with Crippen molar-refractivity contribution in [3.63, 3.8) is 0 Å². The van der Waals surface area contributed by atoms with Gasteiger partial charge in [0.25, 0.3) is 0 Å². The van der Waals surface area contributed by atoms with Crippen LogP contribution < -0.4 is 27.4 Å². The quantitative estimate of drug-likeness (QED) is 0.231. The molecular weight excluding hydrogens is 575 g/mol. The molecule has 0 saturated carbocycles. The molecule has 244 valence electrons. The molecule has 45 heavy (non-hydrogen) atoms. The lowest BCUT2D eigenvalue weighted by molar-refractivity contribution is -0.132. The fourth-order valence-corrected chi connectivity index (χ4v) is 5.86. The van der Waals surface area contributed by atoms with Gasteiger partial charge in [-0.3, -0.25) is 14.4 Å². The number of nitrogens with one attached hydrogen (secondary N) is 3. The molecule has 0 radical (unpaired) electrons. The Morgan fingerprint density at radius 1 is 1.00 bits per heavy atom. The zero-order valence-electron chi connectivity index (χ0n) is 26.3. The first-order valence-electron chi connectivity index (χ1n) is 16.0. The first-order chi connectivity index (χ1) is 21.7. The van der Waals surface area contributed by atoms with Crippen LogP contribution in [0.2, 0.25) is 0 Å². The minimum atomic E-state index is -0.985. The third-order valence-electron chi connectivity index (χ3n) is 8.37. The van der Waals surface area contributed by atoms with Crippen molar-refractivity contribution >= 4 is 28.6 Å². The van der Waals surface area contributed by atoms with Gasteiger partial charge in [-0.1, -0.05) is 44.0 Å². The van der Waals surface area contributed by atoms with Gasteiger partial charge < -0.3 is 36.7 Å². The van der Waals surface area contributed by atoms with E-state index in [1.807, 2.05) is 37.4 Å². The number of rotatable bonds is 9. The number of nitrogens with two attached hydrogens (primary N) is 2. The van der Waals surface area contributed by atoms with E-state index in [1.165, 1.54) is 12.1 Å². The largest absolute Gasteiger partial charge is 0.366 e. The minimum absolute atomic E-state index is 0.132. The number of carbonyl (C=O) groups excluding carboxylic acids is 3. The van der Waals surface area contributed by atoms with Crippen LogP contribution in [0.5, 0.6) is 0 Å². The van der Waals surface area contributed by atoms with Crippen molar-refractivity contribution in [2.24, 2.45) is 11.5 Å². The lowest BCUT2D eigenvalue weighted by Crippen LogP contribution is -2.55. The fraction of sp³-hybridized carbons (Fsp3) is 0.500. The van der Waals surface area contributed by atoms with Gasteiger partial charge in [-0.2, -0.15) is 0 Å². The summed E-state index contributed by atoms with van der Waals surface area (Å²) in [6.45, 7) is 5.28. The molecule has 0 spiro atoms. The molecule has 2 aromatic carbocycles. The van der Waals surface area contributed by atoms with E-state index < -0.39 is 36.0 Å². The molecule has 0 aliphatic carbocycles. The van der Waals surface area contributed by atoms with Gasteiger partial charge in [0.15, 0.2) is 0 Å². The SMILES string of the molecule is CCC1OCC(=O)NCc2cccc(c2)CC(N)C(=O)N[C@@H](Cc2cn(CCCCCCN)c3ccc(F)cc23)C(=O)NC1C. The standard InChI is InChI=1S/C34H47FN6O4/c1-3-31-22(2)39-34(44)29(17-25-20-41(14-7-5-4-6-13-36)30-12-11-26(35)18-27(25)30)40-33(43)28(37)16-23-9-8-10-24(15-23)19-38-32(42)21-45-31/h8-12,15,18,20,22,28-29,31H,3-7,13-14,16-17,19,21,36-37H2,1-2H3,(H,38,42)(H,39,44)(H,40,43)/t22?,28?,29-,31?/m0/s1. The summed E-state index contributed by atoms with van der Waals surface area (Å²) in [5.74, 6) is -1.53. The number of hydrogen-bond acceptors (Lipinski definition) is 6. The van der Waals surface area contributed by atoms with Crippen molar-refractivity contribution in [1.29, 1.82) is 0 Å². The predicted molar refractivity (Wildman–Crippen MR) is 173 cm³/mol. The van der Waals surface area contributed by atoms with Crippen molar-refractivity contribution in [3.8, 4) is 0 Å². The second-order valence-corrected chi connectivity index (χ2v) is 11.9. The molecule has 3 unspecified atom stereocenters. The molecule has 1 aliphatic heterocycles. The molecule has 3 amide bonds. The molecule has 1 aromatic heterocycles. The zero-order chi connectivity index (χ0) is 32.3. The van der Waals surface area contributed by atoms with Crippen LogP contribution in [0.25, 0.3) is 10.9 Å². The summed E-state index contributed by atoms with van der Waals surface area (Å²) in [7, 11) is 0. The average Bonchev–Trinajstić information content (AvgIpc) is 3.35. The van der Waals surface area contributed by atoms with Gasteiger partial charge in [-0.15, -0.1) is 0 Å². The first-order valence-corrected chi connectivity index (χ1v) is 16.0.